The zero-order valence-electron chi connectivity index (χ0n) is 10.5. The molecule has 8 nitrogen and oxygen atoms in total. The number of aliphatic hydroxyl groups excluding tert-OH is 2. The van der Waals surface area contributed by atoms with E-state index in [2.05, 4.69) is 16.8 Å². The van der Waals surface area contributed by atoms with Crippen molar-refractivity contribution in [1.82, 2.24) is 14.5 Å². The summed E-state index contributed by atoms with van der Waals surface area (Å²) in [5.74, 6) is 4.35. The van der Waals surface area contributed by atoms with E-state index < -0.39 is 48.0 Å². The minimum atomic E-state index is -1.87. The Hall–Kier alpha value is -1.73. The Labute approximate surface area is 122 Å². The van der Waals surface area contributed by atoms with Gasteiger partial charge in [-0.2, -0.15) is 4.98 Å². The van der Waals surface area contributed by atoms with Gasteiger partial charge in [-0.1, -0.05) is 23.4 Å². The van der Waals surface area contributed by atoms with E-state index in [-0.39, 0.29) is 0 Å². The molecule has 0 aliphatic carbocycles. The summed E-state index contributed by atoms with van der Waals surface area (Å²) in [7, 11) is 0. The molecule has 3 N–H and O–H groups in total. The lowest BCUT2D eigenvalue weighted by Crippen LogP contribution is -2.44. The van der Waals surface area contributed by atoms with E-state index in [4.69, 9.17) is 21.4 Å². The maximum Gasteiger partial charge on any atom is 0.350 e. The van der Waals surface area contributed by atoms with Crippen LogP contribution in [0.25, 0.3) is 0 Å². The van der Waals surface area contributed by atoms with Crippen molar-refractivity contribution in [3.05, 3.63) is 27.3 Å². The smallest absolute Gasteiger partial charge is 0.350 e. The van der Waals surface area contributed by atoms with Crippen molar-refractivity contribution >= 4 is 11.6 Å². The number of alkyl halides is 2. The summed E-state index contributed by atoms with van der Waals surface area (Å²) < 4.78 is 18.3. The fourth-order valence-corrected chi connectivity index (χ4v) is 2.36. The first-order valence-corrected chi connectivity index (χ1v) is 6.18. The molecule has 0 bridgehead atoms. The molecule has 1 aliphatic heterocycles. The average molecular weight is 320 g/mol. The zero-order chi connectivity index (χ0) is 15.6. The molecule has 4 atom stereocenters. The Morgan fingerprint density at radius 1 is 1.62 bits per heavy atom. The number of aromatic amines is 1. The SMILES string of the molecule is O=c1ncn([C@@H]2O[C@H](CO)[C@H](O)C2(Cl)C#CCF)c(=O)[nH]1. The second-order valence-corrected chi connectivity index (χ2v) is 4.87. The predicted molar refractivity (Wildman–Crippen MR) is 68.5 cm³/mol. The molecule has 10 heteroatoms. The number of H-pyrrole nitrogens is 1. The van der Waals surface area contributed by atoms with Crippen LogP contribution in [0.4, 0.5) is 4.39 Å². The number of rotatable bonds is 2. The molecular formula is C11H11ClFN3O5. The van der Waals surface area contributed by atoms with Crippen LogP contribution in [0.2, 0.25) is 0 Å². The Balaban J connectivity index is 2.53. The minimum Gasteiger partial charge on any atom is -0.394 e. The normalized spacial score (nSPS) is 31.7. The van der Waals surface area contributed by atoms with Gasteiger partial charge in [0.15, 0.2) is 11.1 Å². The molecule has 1 aromatic rings. The van der Waals surface area contributed by atoms with Crippen LogP contribution in [0.3, 0.4) is 0 Å². The van der Waals surface area contributed by atoms with Crippen LogP contribution in [0.15, 0.2) is 15.9 Å². The van der Waals surface area contributed by atoms with Crippen LogP contribution in [0.5, 0.6) is 0 Å². The average Bonchev–Trinajstić information content (AvgIpc) is 2.70. The van der Waals surface area contributed by atoms with Crippen molar-refractivity contribution < 1.29 is 19.3 Å². The van der Waals surface area contributed by atoms with Gasteiger partial charge >= 0.3 is 11.4 Å². The highest BCUT2D eigenvalue weighted by Crippen LogP contribution is 2.42. The predicted octanol–water partition coefficient (Wildman–Crippen LogP) is -1.87. The first-order chi connectivity index (χ1) is 9.93. The van der Waals surface area contributed by atoms with Crippen LogP contribution >= 0.6 is 11.6 Å². The summed E-state index contributed by atoms with van der Waals surface area (Å²) in [5.41, 5.74) is -1.76. The standard InChI is InChI=1S/C11H11ClFN3O5/c12-11(2-1-3-13)7(18)6(4-17)21-8(11)16-5-14-9(19)15-10(16)20/h5-8,17-18H,3-4H2,(H,15,19,20)/t6-,7+,8-,11?/m1/s1. The van der Waals surface area contributed by atoms with Crippen LogP contribution in [-0.4, -0.2) is 55.1 Å². The van der Waals surface area contributed by atoms with Crippen LogP contribution in [0.1, 0.15) is 6.23 Å². The summed E-state index contributed by atoms with van der Waals surface area (Å²) in [5, 5.41) is 19.2. The van der Waals surface area contributed by atoms with Gasteiger partial charge in [0.2, 0.25) is 0 Å². The lowest BCUT2D eigenvalue weighted by Gasteiger charge is -2.25. The highest BCUT2D eigenvalue weighted by molar-refractivity contribution is 6.27. The van der Waals surface area contributed by atoms with Crippen molar-refractivity contribution in [2.24, 2.45) is 0 Å². The van der Waals surface area contributed by atoms with E-state index in [1.54, 1.807) is 0 Å². The number of nitrogens with one attached hydrogen (secondary N) is 1. The Morgan fingerprint density at radius 3 is 2.90 bits per heavy atom. The molecule has 0 aromatic carbocycles. The first-order valence-electron chi connectivity index (χ1n) is 5.80. The van der Waals surface area contributed by atoms with Gasteiger partial charge < -0.3 is 14.9 Å². The molecule has 1 unspecified atom stereocenters. The van der Waals surface area contributed by atoms with E-state index in [0.29, 0.717) is 0 Å². The topological polar surface area (TPSA) is 117 Å². The molecule has 2 heterocycles. The summed E-state index contributed by atoms with van der Waals surface area (Å²) in [6.45, 7) is -1.61. The molecule has 0 radical (unpaired) electrons. The maximum absolute atomic E-state index is 12.3. The van der Waals surface area contributed by atoms with Crippen molar-refractivity contribution in [3.8, 4) is 11.8 Å². The van der Waals surface area contributed by atoms with Gasteiger partial charge in [0.05, 0.1) is 6.61 Å². The first kappa shape index (κ1) is 15.7. The number of nitrogens with zero attached hydrogens (tertiary/aromatic N) is 2. The highest BCUT2D eigenvalue weighted by atomic mass is 35.5. The minimum absolute atomic E-state index is 0.588. The third-order valence-electron chi connectivity index (χ3n) is 2.97. The van der Waals surface area contributed by atoms with Crippen molar-refractivity contribution in [3.63, 3.8) is 0 Å². The molecule has 1 saturated heterocycles. The monoisotopic (exact) mass is 319 g/mol. The number of hydrogen-bond acceptors (Lipinski definition) is 6. The summed E-state index contributed by atoms with van der Waals surface area (Å²) in [6, 6.07) is 0. The Morgan fingerprint density at radius 2 is 2.33 bits per heavy atom. The van der Waals surface area contributed by atoms with E-state index in [1.807, 2.05) is 4.98 Å². The number of hydrogen-bond donors (Lipinski definition) is 3. The second kappa shape index (κ2) is 5.95. The number of aliphatic hydroxyl groups is 2. The molecule has 0 amide bonds. The largest absolute Gasteiger partial charge is 0.394 e. The van der Waals surface area contributed by atoms with E-state index in [9.17, 15) is 19.1 Å². The summed E-state index contributed by atoms with van der Waals surface area (Å²) in [6.07, 6.45) is -3.10. The van der Waals surface area contributed by atoms with Gasteiger partial charge in [-0.15, -0.1) is 0 Å². The van der Waals surface area contributed by atoms with Crippen molar-refractivity contribution in [1.29, 1.82) is 0 Å². The molecule has 1 fully saturated rings. The van der Waals surface area contributed by atoms with E-state index in [1.165, 1.54) is 0 Å². The molecule has 0 saturated carbocycles. The number of halogens is 2. The molecule has 21 heavy (non-hydrogen) atoms. The highest BCUT2D eigenvalue weighted by Gasteiger charge is 2.55. The summed E-state index contributed by atoms with van der Waals surface area (Å²) >= 11 is 6.18. The number of ether oxygens (including phenoxy) is 1. The van der Waals surface area contributed by atoms with Gasteiger partial charge in [0.1, 0.15) is 25.2 Å². The van der Waals surface area contributed by atoms with Gasteiger partial charge in [-0.05, 0) is 0 Å². The van der Waals surface area contributed by atoms with Gasteiger partial charge in [-0.3, -0.25) is 9.55 Å². The van der Waals surface area contributed by atoms with Crippen LogP contribution in [0, 0.1) is 11.8 Å². The van der Waals surface area contributed by atoms with Gasteiger partial charge in [0, 0.05) is 0 Å². The Kier molecular flexibility index (Phi) is 4.43. The van der Waals surface area contributed by atoms with Crippen LogP contribution < -0.4 is 11.4 Å². The molecular weight excluding hydrogens is 309 g/mol. The van der Waals surface area contributed by atoms with Crippen molar-refractivity contribution in [2.75, 3.05) is 13.3 Å². The third kappa shape index (κ3) is 2.71. The summed E-state index contributed by atoms with van der Waals surface area (Å²) in [4.78, 5) is 26.1. The van der Waals surface area contributed by atoms with Gasteiger partial charge in [-0.25, -0.2) is 14.0 Å². The lowest BCUT2D eigenvalue weighted by atomic mass is 9.99. The maximum atomic E-state index is 12.3. The molecule has 114 valence electrons. The van der Waals surface area contributed by atoms with E-state index in [0.717, 1.165) is 10.9 Å². The molecule has 1 aliphatic rings. The quantitative estimate of drug-likeness (QED) is 0.434. The molecule has 2 rings (SSSR count). The van der Waals surface area contributed by atoms with E-state index >= 15 is 0 Å². The molecule has 1 aromatic heterocycles. The fourth-order valence-electron chi connectivity index (χ4n) is 1.99. The third-order valence-corrected chi connectivity index (χ3v) is 3.48. The van der Waals surface area contributed by atoms with Crippen molar-refractivity contribution in [2.45, 2.75) is 23.3 Å². The second-order valence-electron chi connectivity index (χ2n) is 4.24. The lowest BCUT2D eigenvalue weighted by molar-refractivity contribution is -0.0468. The number of aromatic nitrogens is 3. The van der Waals surface area contributed by atoms with Crippen LogP contribution in [-0.2, 0) is 4.74 Å². The fraction of sp³-hybridized carbons (Fsp3) is 0.545. The Bertz CT molecular complexity index is 695. The van der Waals surface area contributed by atoms with Gasteiger partial charge in [0.25, 0.3) is 0 Å². The molecule has 0 spiro atoms. The zero-order valence-corrected chi connectivity index (χ0v) is 11.2.